The van der Waals surface area contributed by atoms with E-state index in [1.54, 1.807) is 16.8 Å². The summed E-state index contributed by atoms with van der Waals surface area (Å²) >= 11 is 0. The average Bonchev–Trinajstić information content (AvgIpc) is 3.26. The average molecular weight is 341 g/mol. The zero-order chi connectivity index (χ0) is 17.4. The molecule has 0 bridgehead atoms. The van der Waals surface area contributed by atoms with Crippen molar-refractivity contribution in [1.82, 2.24) is 14.3 Å². The van der Waals surface area contributed by atoms with Crippen molar-refractivity contribution in [3.63, 3.8) is 0 Å². The first-order chi connectivity index (χ1) is 12.1. The Kier molecular flexibility index (Phi) is 3.95. The van der Waals surface area contributed by atoms with Gasteiger partial charge >= 0.3 is 0 Å². The Morgan fingerprint density at radius 1 is 1.16 bits per heavy atom. The Balaban J connectivity index is 1.63. The van der Waals surface area contributed by atoms with Crippen molar-refractivity contribution >= 4 is 11.6 Å². The minimum atomic E-state index is -0.907. The van der Waals surface area contributed by atoms with E-state index in [2.05, 4.69) is 4.98 Å². The van der Waals surface area contributed by atoms with Crippen LogP contribution in [0.1, 0.15) is 18.4 Å². The van der Waals surface area contributed by atoms with E-state index in [4.69, 9.17) is 0 Å². The summed E-state index contributed by atoms with van der Waals surface area (Å²) in [5.74, 6) is -1.69. The van der Waals surface area contributed by atoms with Crippen molar-refractivity contribution in [1.29, 1.82) is 0 Å². The maximum absolute atomic E-state index is 14.0. The number of hydrogen-bond donors (Lipinski definition) is 0. The summed E-state index contributed by atoms with van der Waals surface area (Å²) in [6.45, 7) is 1.65. The molecule has 1 amide bonds. The van der Waals surface area contributed by atoms with Crippen LogP contribution in [0, 0.1) is 11.6 Å². The second-order valence-corrected chi connectivity index (χ2v) is 6.29. The summed E-state index contributed by atoms with van der Waals surface area (Å²) in [5.41, 5.74) is 1.95. The minimum absolute atomic E-state index is 0.116. The lowest BCUT2D eigenvalue weighted by Gasteiger charge is -2.14. The highest BCUT2D eigenvalue weighted by Crippen LogP contribution is 2.24. The van der Waals surface area contributed by atoms with Crippen LogP contribution in [0.25, 0.3) is 16.9 Å². The number of rotatable bonds is 3. The molecule has 0 spiro atoms. The number of benzene rings is 1. The van der Waals surface area contributed by atoms with Crippen LogP contribution in [0.3, 0.4) is 0 Å². The van der Waals surface area contributed by atoms with Crippen LogP contribution < -0.4 is 0 Å². The molecule has 4 rings (SSSR count). The summed E-state index contributed by atoms with van der Waals surface area (Å²) in [6, 6.07) is 7.70. The topological polar surface area (TPSA) is 37.6 Å². The van der Waals surface area contributed by atoms with Crippen LogP contribution in [-0.2, 0) is 11.2 Å². The van der Waals surface area contributed by atoms with Gasteiger partial charge in [-0.25, -0.2) is 13.8 Å². The summed E-state index contributed by atoms with van der Waals surface area (Å²) in [6.07, 6.45) is 5.89. The summed E-state index contributed by atoms with van der Waals surface area (Å²) in [5, 5.41) is 0. The molecule has 3 heterocycles. The third kappa shape index (κ3) is 2.99. The number of nitrogens with zero attached hydrogens (tertiary/aromatic N) is 3. The number of imidazole rings is 1. The molecule has 1 aromatic carbocycles. The summed E-state index contributed by atoms with van der Waals surface area (Å²) in [7, 11) is 0. The van der Waals surface area contributed by atoms with Gasteiger partial charge in [0.25, 0.3) is 0 Å². The molecule has 0 radical (unpaired) electrons. The molecule has 1 fully saturated rings. The van der Waals surface area contributed by atoms with E-state index in [1.165, 1.54) is 12.1 Å². The molecule has 25 heavy (non-hydrogen) atoms. The first-order valence-corrected chi connectivity index (χ1v) is 8.31. The lowest BCUT2D eigenvalue weighted by molar-refractivity contribution is -0.129. The fraction of sp³-hybridized carbons (Fsp3) is 0.263. The summed E-state index contributed by atoms with van der Waals surface area (Å²) in [4.78, 5) is 18.5. The predicted molar refractivity (Wildman–Crippen MR) is 90.1 cm³/mol. The molecule has 6 heteroatoms. The Morgan fingerprint density at radius 2 is 1.96 bits per heavy atom. The molecule has 0 unspecified atom stereocenters. The van der Waals surface area contributed by atoms with Crippen molar-refractivity contribution in [2.45, 2.75) is 19.3 Å². The highest BCUT2D eigenvalue weighted by Gasteiger charge is 2.18. The van der Waals surface area contributed by atoms with Gasteiger partial charge in [0.2, 0.25) is 5.91 Å². The second kappa shape index (κ2) is 6.27. The smallest absolute Gasteiger partial charge is 0.226 e. The molecular weight excluding hydrogens is 324 g/mol. The Hall–Kier alpha value is -2.76. The SMILES string of the molecule is O=C(Cc1ccn2cc(-c3cccc(F)c3F)nc2c1)N1CCCC1. The van der Waals surface area contributed by atoms with Crippen molar-refractivity contribution in [2.24, 2.45) is 0 Å². The van der Waals surface area contributed by atoms with Crippen molar-refractivity contribution in [3.05, 3.63) is 59.9 Å². The molecule has 4 nitrogen and oxygen atoms in total. The van der Waals surface area contributed by atoms with E-state index < -0.39 is 11.6 Å². The zero-order valence-corrected chi connectivity index (χ0v) is 13.6. The normalized spacial score (nSPS) is 14.4. The molecule has 128 valence electrons. The van der Waals surface area contributed by atoms with E-state index in [-0.39, 0.29) is 11.5 Å². The molecule has 0 atom stereocenters. The van der Waals surface area contributed by atoms with Gasteiger partial charge in [-0.3, -0.25) is 4.79 Å². The molecular formula is C19H17F2N3O. The number of fused-ring (bicyclic) bond motifs is 1. The van der Waals surface area contributed by atoms with Gasteiger partial charge in [0.05, 0.1) is 12.1 Å². The van der Waals surface area contributed by atoms with Crippen LogP contribution >= 0.6 is 0 Å². The number of halogens is 2. The van der Waals surface area contributed by atoms with Gasteiger partial charge in [0, 0.05) is 31.0 Å². The number of aromatic nitrogens is 2. The molecule has 0 aliphatic carbocycles. The maximum atomic E-state index is 14.0. The van der Waals surface area contributed by atoms with Crippen molar-refractivity contribution in [2.75, 3.05) is 13.1 Å². The van der Waals surface area contributed by atoms with E-state index in [0.717, 1.165) is 37.6 Å². The van der Waals surface area contributed by atoms with Crippen LogP contribution in [0.2, 0.25) is 0 Å². The highest BCUT2D eigenvalue weighted by molar-refractivity contribution is 5.79. The minimum Gasteiger partial charge on any atom is -0.342 e. The molecule has 1 aliphatic rings. The number of likely N-dealkylation sites (tertiary alicyclic amines) is 1. The van der Waals surface area contributed by atoms with E-state index in [1.807, 2.05) is 17.0 Å². The van der Waals surface area contributed by atoms with E-state index in [0.29, 0.717) is 17.8 Å². The second-order valence-electron chi connectivity index (χ2n) is 6.29. The molecule has 1 saturated heterocycles. The van der Waals surface area contributed by atoms with Crippen LogP contribution in [0.5, 0.6) is 0 Å². The fourth-order valence-electron chi connectivity index (χ4n) is 3.22. The van der Waals surface area contributed by atoms with Crippen LogP contribution in [0.4, 0.5) is 8.78 Å². The standard InChI is InChI=1S/C19H17F2N3O/c20-15-5-3-4-14(19(15)21)16-12-24-9-6-13(10-17(24)22-16)11-18(25)23-7-1-2-8-23/h3-6,9-10,12H,1-2,7-8,11H2. The number of carbonyl (C=O) groups is 1. The molecule has 3 aromatic rings. The Labute approximate surface area is 143 Å². The van der Waals surface area contributed by atoms with Gasteiger partial charge in [-0.1, -0.05) is 6.07 Å². The molecule has 0 N–H and O–H groups in total. The summed E-state index contributed by atoms with van der Waals surface area (Å²) < 4.78 is 29.1. The predicted octanol–water partition coefficient (Wildman–Crippen LogP) is 3.44. The van der Waals surface area contributed by atoms with Gasteiger partial charge in [0.1, 0.15) is 5.65 Å². The van der Waals surface area contributed by atoms with Gasteiger partial charge in [-0.05, 0) is 42.7 Å². The van der Waals surface area contributed by atoms with Crippen molar-refractivity contribution < 1.29 is 13.6 Å². The molecule has 0 saturated carbocycles. The van der Waals surface area contributed by atoms with Gasteiger partial charge in [0.15, 0.2) is 11.6 Å². The first-order valence-electron chi connectivity index (χ1n) is 8.31. The van der Waals surface area contributed by atoms with Gasteiger partial charge in [-0.2, -0.15) is 0 Å². The lowest BCUT2D eigenvalue weighted by Crippen LogP contribution is -2.29. The Morgan fingerprint density at radius 3 is 2.76 bits per heavy atom. The number of hydrogen-bond acceptors (Lipinski definition) is 2. The molecule has 1 aliphatic heterocycles. The third-order valence-electron chi connectivity index (χ3n) is 4.57. The zero-order valence-electron chi connectivity index (χ0n) is 13.6. The van der Waals surface area contributed by atoms with Crippen molar-refractivity contribution in [3.8, 4) is 11.3 Å². The third-order valence-corrected chi connectivity index (χ3v) is 4.57. The first kappa shape index (κ1) is 15.7. The van der Waals surface area contributed by atoms with E-state index >= 15 is 0 Å². The lowest BCUT2D eigenvalue weighted by atomic mass is 10.1. The number of pyridine rings is 1. The van der Waals surface area contributed by atoms with Gasteiger partial charge < -0.3 is 9.30 Å². The molecule has 2 aromatic heterocycles. The van der Waals surface area contributed by atoms with Crippen LogP contribution in [-0.4, -0.2) is 33.3 Å². The largest absolute Gasteiger partial charge is 0.342 e. The maximum Gasteiger partial charge on any atom is 0.226 e. The highest BCUT2D eigenvalue weighted by atomic mass is 19.2. The fourth-order valence-corrected chi connectivity index (χ4v) is 3.22. The number of amides is 1. The van der Waals surface area contributed by atoms with E-state index in [9.17, 15) is 13.6 Å². The van der Waals surface area contributed by atoms with Crippen LogP contribution in [0.15, 0.2) is 42.7 Å². The quantitative estimate of drug-likeness (QED) is 0.732. The Bertz CT molecular complexity index is 945. The van der Waals surface area contributed by atoms with Gasteiger partial charge in [-0.15, -0.1) is 0 Å². The number of carbonyl (C=O) groups excluding carboxylic acids is 1. The monoisotopic (exact) mass is 341 g/mol.